The van der Waals surface area contributed by atoms with Gasteiger partial charge in [0.1, 0.15) is 12.3 Å². The zero-order chi connectivity index (χ0) is 15.3. The van der Waals surface area contributed by atoms with Crippen molar-refractivity contribution in [3.8, 4) is 0 Å². The fourth-order valence-electron chi connectivity index (χ4n) is 2.01. The Labute approximate surface area is 134 Å². The molecule has 11 heteroatoms. The lowest BCUT2D eigenvalue weighted by atomic mass is 10.3. The number of hydrogen-bond donors (Lipinski definition) is 6. The summed E-state index contributed by atoms with van der Waals surface area (Å²) in [5.41, 5.74) is 22.4. The van der Waals surface area contributed by atoms with Gasteiger partial charge in [0.15, 0.2) is 15.3 Å². The molecule has 114 valence electrons. The van der Waals surface area contributed by atoms with Crippen LogP contribution < -0.4 is 33.2 Å². The molecule has 0 saturated carbocycles. The molecule has 20 heavy (non-hydrogen) atoms. The predicted molar refractivity (Wildman–Crippen MR) is 91.0 cm³/mol. The maximum absolute atomic E-state index is 5.46. The van der Waals surface area contributed by atoms with Gasteiger partial charge in [-0.2, -0.15) is 0 Å². The lowest BCUT2D eigenvalue weighted by Crippen LogP contribution is -2.63. The highest BCUT2D eigenvalue weighted by Crippen LogP contribution is 2.18. The molecule has 8 nitrogen and oxygen atoms in total. The van der Waals surface area contributed by atoms with Crippen molar-refractivity contribution in [2.45, 2.75) is 26.2 Å². The van der Waals surface area contributed by atoms with Gasteiger partial charge in [-0.25, -0.2) is 10.9 Å². The Hall–Kier alpha value is -1.01. The van der Waals surface area contributed by atoms with E-state index < -0.39 is 0 Å². The summed E-state index contributed by atoms with van der Waals surface area (Å²) < 4.78 is 0. The van der Waals surface area contributed by atoms with Crippen LogP contribution in [0.15, 0.2) is 0 Å². The minimum absolute atomic E-state index is 0.156. The summed E-state index contributed by atoms with van der Waals surface area (Å²) in [6.07, 6.45) is -0.369. The number of thiocarbonyl (C=S) groups is 3. The highest BCUT2D eigenvalue weighted by Gasteiger charge is 2.41. The number of hydrazine groups is 2. The third-order valence-electron chi connectivity index (χ3n) is 2.83. The lowest BCUT2D eigenvalue weighted by molar-refractivity contribution is 0.185. The van der Waals surface area contributed by atoms with Gasteiger partial charge in [0.05, 0.1) is 0 Å². The van der Waals surface area contributed by atoms with E-state index in [1.165, 1.54) is 0 Å². The fourth-order valence-corrected chi connectivity index (χ4v) is 2.61. The summed E-state index contributed by atoms with van der Waals surface area (Å²) in [6, 6.07) is 0. The minimum atomic E-state index is -0.184. The molecule has 1 aliphatic rings. The molecular formula is C9H20N8S3. The van der Waals surface area contributed by atoms with Crippen molar-refractivity contribution in [3.63, 3.8) is 0 Å². The monoisotopic (exact) mass is 336 g/mol. The van der Waals surface area contributed by atoms with E-state index in [4.69, 9.17) is 48.1 Å². The van der Waals surface area contributed by atoms with Crippen molar-refractivity contribution in [1.29, 1.82) is 0 Å². The molecular weight excluding hydrogens is 316 g/mol. The standard InChI is InChI=1S/C9H20N8S3/c1-3-16-5(12-14-7(10)18)6(13-15-8(11)19)17(4-2)9(16)20/h5-6,12-13H,3-4H2,1-2H3,(H3,10,14,18)(H3,11,15,19). The largest absolute Gasteiger partial charge is 0.375 e. The summed E-state index contributed by atoms with van der Waals surface area (Å²) in [4.78, 5) is 4.01. The molecule has 2 unspecified atom stereocenters. The zero-order valence-electron chi connectivity index (χ0n) is 11.3. The van der Waals surface area contributed by atoms with Gasteiger partial charge in [0.2, 0.25) is 0 Å². The number of nitrogens with one attached hydrogen (secondary N) is 4. The predicted octanol–water partition coefficient (Wildman–Crippen LogP) is -1.74. The summed E-state index contributed by atoms with van der Waals surface area (Å²) in [5.74, 6) is 0. The molecule has 2 atom stereocenters. The minimum Gasteiger partial charge on any atom is -0.375 e. The average molecular weight is 337 g/mol. The third kappa shape index (κ3) is 3.99. The highest BCUT2D eigenvalue weighted by molar-refractivity contribution is 7.80. The van der Waals surface area contributed by atoms with Crippen LogP contribution in [0, 0.1) is 0 Å². The van der Waals surface area contributed by atoms with Gasteiger partial charge in [0.25, 0.3) is 0 Å². The smallest absolute Gasteiger partial charge is 0.178 e. The van der Waals surface area contributed by atoms with E-state index in [0.29, 0.717) is 0 Å². The van der Waals surface area contributed by atoms with Gasteiger partial charge in [-0.15, -0.1) is 0 Å². The molecule has 1 aliphatic heterocycles. The number of hydrogen-bond acceptors (Lipinski definition) is 5. The van der Waals surface area contributed by atoms with Crippen molar-refractivity contribution in [2.24, 2.45) is 11.5 Å². The first-order chi connectivity index (χ1) is 9.42. The van der Waals surface area contributed by atoms with Gasteiger partial charge in [-0.3, -0.25) is 10.9 Å². The molecule has 8 N–H and O–H groups in total. The van der Waals surface area contributed by atoms with Crippen LogP contribution in [0.1, 0.15) is 13.8 Å². The third-order valence-corrected chi connectivity index (χ3v) is 3.50. The maximum atomic E-state index is 5.46. The average Bonchev–Trinajstić information content (AvgIpc) is 2.64. The molecule has 1 heterocycles. The zero-order valence-corrected chi connectivity index (χ0v) is 13.8. The Morgan fingerprint density at radius 2 is 1.35 bits per heavy atom. The SMILES string of the molecule is CCN1C(=S)N(CC)C(NNC(N)=S)C1NNC(N)=S. The maximum Gasteiger partial charge on any atom is 0.178 e. The second-order valence-corrected chi connectivity index (χ2v) is 5.26. The van der Waals surface area contributed by atoms with E-state index in [-0.39, 0.29) is 22.6 Å². The van der Waals surface area contributed by atoms with Crippen LogP contribution in [-0.4, -0.2) is 50.6 Å². The molecule has 0 bridgehead atoms. The van der Waals surface area contributed by atoms with Crippen molar-refractivity contribution in [1.82, 2.24) is 31.5 Å². The van der Waals surface area contributed by atoms with Gasteiger partial charge in [-0.1, -0.05) is 0 Å². The van der Waals surface area contributed by atoms with E-state index in [1.54, 1.807) is 0 Å². The molecule has 0 aromatic heterocycles. The van der Waals surface area contributed by atoms with Crippen LogP contribution in [-0.2, 0) is 0 Å². The first-order valence-electron chi connectivity index (χ1n) is 6.11. The summed E-state index contributed by atoms with van der Waals surface area (Å²) in [6.45, 7) is 5.49. The number of nitrogens with zero attached hydrogens (tertiary/aromatic N) is 2. The fraction of sp³-hybridized carbons (Fsp3) is 0.667. The van der Waals surface area contributed by atoms with Crippen LogP contribution in [0.25, 0.3) is 0 Å². The van der Waals surface area contributed by atoms with Gasteiger partial charge in [0, 0.05) is 13.1 Å². The van der Waals surface area contributed by atoms with Crippen LogP contribution in [0.3, 0.4) is 0 Å². The summed E-state index contributed by atoms with van der Waals surface area (Å²) in [5, 5.41) is 1.03. The van der Waals surface area contributed by atoms with Crippen molar-refractivity contribution in [2.75, 3.05) is 13.1 Å². The molecule has 0 aliphatic carbocycles. The molecule has 1 saturated heterocycles. The first kappa shape index (κ1) is 17.0. The Morgan fingerprint density at radius 3 is 1.60 bits per heavy atom. The molecule has 0 spiro atoms. The van der Waals surface area contributed by atoms with Crippen molar-refractivity contribution in [3.05, 3.63) is 0 Å². The number of likely N-dealkylation sites (N-methyl/N-ethyl adjacent to an activating group) is 2. The highest BCUT2D eigenvalue weighted by atomic mass is 32.1. The lowest BCUT2D eigenvalue weighted by Gasteiger charge is -2.29. The van der Waals surface area contributed by atoms with Crippen molar-refractivity contribution >= 4 is 52.0 Å². The molecule has 0 aromatic rings. The first-order valence-corrected chi connectivity index (χ1v) is 7.34. The van der Waals surface area contributed by atoms with Gasteiger partial charge >= 0.3 is 0 Å². The van der Waals surface area contributed by atoms with Gasteiger partial charge in [-0.05, 0) is 50.5 Å². The molecule has 1 rings (SSSR count). The number of nitrogens with two attached hydrogens (primary N) is 2. The van der Waals surface area contributed by atoms with Crippen LogP contribution in [0.4, 0.5) is 0 Å². The van der Waals surface area contributed by atoms with E-state index >= 15 is 0 Å². The summed E-state index contributed by atoms with van der Waals surface area (Å²) in [7, 11) is 0. The normalized spacial score (nSPS) is 22.0. The van der Waals surface area contributed by atoms with E-state index in [0.717, 1.165) is 18.2 Å². The second-order valence-electron chi connectivity index (χ2n) is 4.01. The van der Waals surface area contributed by atoms with E-state index in [9.17, 15) is 0 Å². The Kier molecular flexibility index (Phi) is 6.55. The molecule has 0 aromatic carbocycles. The number of rotatable bonds is 6. The van der Waals surface area contributed by atoms with Crippen LogP contribution >= 0.6 is 36.7 Å². The quantitative estimate of drug-likeness (QED) is 0.246. The van der Waals surface area contributed by atoms with E-state index in [1.807, 2.05) is 23.6 Å². The Bertz CT molecular complexity index is 355. The van der Waals surface area contributed by atoms with E-state index in [2.05, 4.69) is 21.7 Å². The summed E-state index contributed by atoms with van der Waals surface area (Å²) >= 11 is 15.1. The van der Waals surface area contributed by atoms with Crippen LogP contribution in [0.5, 0.6) is 0 Å². The topological polar surface area (TPSA) is 107 Å². The van der Waals surface area contributed by atoms with Crippen LogP contribution in [0.2, 0.25) is 0 Å². The Balaban J connectivity index is 2.87. The van der Waals surface area contributed by atoms with Gasteiger partial charge < -0.3 is 21.3 Å². The Morgan fingerprint density at radius 1 is 1.00 bits per heavy atom. The second kappa shape index (κ2) is 7.69. The van der Waals surface area contributed by atoms with Crippen molar-refractivity contribution < 1.29 is 0 Å². The molecule has 0 amide bonds. The molecule has 1 fully saturated rings. The molecule has 0 radical (unpaired) electrons.